The molecule has 7 aromatic rings. The molecule has 0 radical (unpaired) electrons. The second kappa shape index (κ2) is 32.9. The highest BCUT2D eigenvalue weighted by molar-refractivity contribution is 8.60. The Morgan fingerprint density at radius 2 is 0.898 bits per heavy atom. The number of nitrogen functional groups attached to an aromatic ring is 3. The van der Waals surface area contributed by atoms with Gasteiger partial charge in [0.25, 0.3) is 22.2 Å². The molecule has 12 heterocycles. The second-order valence-corrected chi connectivity index (χ2v) is 42.3. The zero-order chi connectivity index (χ0) is 78.0. The van der Waals surface area contributed by atoms with E-state index in [1.807, 2.05) is 13.8 Å². The molecule has 0 bridgehead atoms. The molecular weight excluding hydrogens is 1650 g/mol. The maximum Gasteiger partial charge on any atom is 0.351 e. The van der Waals surface area contributed by atoms with Crippen LogP contribution in [0.1, 0.15) is 102 Å². The number of ether oxygens (including phenoxy) is 5. The highest BCUT2D eigenvalue weighted by atomic mass is 32.9. The molecule has 14 N–H and O–H groups in total. The summed E-state index contributed by atoms with van der Waals surface area (Å²) in [6, 6.07) is 1.44. The van der Waals surface area contributed by atoms with Gasteiger partial charge in [-0.2, -0.15) is 15.0 Å². The molecule has 5 aliphatic heterocycles. The van der Waals surface area contributed by atoms with E-state index in [-0.39, 0.29) is 88.7 Å². The first-order valence-electron chi connectivity index (χ1n) is 32.7. The zero-order valence-corrected chi connectivity index (χ0v) is 66.8. The van der Waals surface area contributed by atoms with Crippen molar-refractivity contribution < 1.29 is 88.5 Å². The van der Waals surface area contributed by atoms with Crippen molar-refractivity contribution in [1.29, 1.82) is 0 Å². The van der Waals surface area contributed by atoms with Gasteiger partial charge in [0.1, 0.15) is 61.4 Å². The molecule has 5 saturated heterocycles. The fourth-order valence-electron chi connectivity index (χ4n) is 12.5. The molecule has 12 rings (SSSR count). The summed E-state index contributed by atoms with van der Waals surface area (Å²) in [5.74, 6) is -0.952. The normalized spacial score (nSPS) is 28.9. The van der Waals surface area contributed by atoms with Gasteiger partial charge >= 0.3 is 43.9 Å². The van der Waals surface area contributed by atoms with Gasteiger partial charge in [-0.15, -0.1) is 0 Å². The number of aryl methyl sites for hydroxylation is 2. The van der Waals surface area contributed by atoms with Crippen LogP contribution >= 0.6 is 44.8 Å². The van der Waals surface area contributed by atoms with Gasteiger partial charge in [-0.05, 0) is 98.7 Å². The summed E-state index contributed by atoms with van der Waals surface area (Å²) < 4.78 is 98.0. The Morgan fingerprint density at radius 1 is 0.519 bits per heavy atom. The predicted octanol–water partition coefficient (Wildman–Crippen LogP) is 1.71. The highest BCUT2D eigenvalue weighted by Crippen LogP contribution is 2.61. The Bertz CT molecular complexity index is 5260. The number of hydrogen-bond donors (Lipinski definition) is 12. The van der Waals surface area contributed by atoms with Crippen LogP contribution in [-0.4, -0.2) is 175 Å². The Labute approximate surface area is 639 Å². The third-order valence-corrected chi connectivity index (χ3v) is 26.1. The number of nitrogens with zero attached hydrogens (tertiary/aromatic N) is 10. The molecule has 592 valence electrons. The summed E-state index contributed by atoms with van der Waals surface area (Å²) in [5.41, 5.74) is 8.69. The predicted molar refractivity (Wildman–Crippen MR) is 401 cm³/mol. The van der Waals surface area contributed by atoms with E-state index in [1.54, 1.807) is 13.8 Å². The molecule has 7 aromatic heterocycles. The molecule has 20 atom stereocenters. The average Bonchev–Trinajstić information content (AvgIpc) is 1.64. The lowest BCUT2D eigenvalue weighted by Crippen LogP contribution is -2.33. The van der Waals surface area contributed by atoms with Crippen LogP contribution in [0, 0.1) is 25.7 Å². The number of anilines is 3. The number of imidazole rings is 2. The van der Waals surface area contributed by atoms with Crippen LogP contribution < -0.4 is 56.5 Å². The largest absolute Gasteiger partial charge is 0.383 e. The van der Waals surface area contributed by atoms with Crippen LogP contribution in [0.4, 0.5) is 17.7 Å². The number of rotatable bonds is 30. The van der Waals surface area contributed by atoms with Gasteiger partial charge in [0, 0.05) is 67.7 Å². The van der Waals surface area contributed by atoms with Crippen LogP contribution in [0.25, 0.3) is 22.3 Å². The van der Waals surface area contributed by atoms with Crippen molar-refractivity contribution in [2.24, 2.45) is 11.8 Å². The lowest BCUT2D eigenvalue weighted by molar-refractivity contribution is -0.117. The van der Waals surface area contributed by atoms with Crippen LogP contribution in [0.2, 0.25) is 0 Å². The molecule has 43 nitrogen and oxygen atoms in total. The van der Waals surface area contributed by atoms with Crippen LogP contribution in [0.5, 0.6) is 0 Å². The van der Waals surface area contributed by atoms with Gasteiger partial charge in [-0.1, -0.05) is 26.1 Å². The van der Waals surface area contributed by atoms with E-state index in [2.05, 4.69) is 44.9 Å². The molecule has 0 saturated carbocycles. The van der Waals surface area contributed by atoms with Crippen molar-refractivity contribution in [3.63, 3.8) is 0 Å². The number of aromatic amines is 4. The number of nitrogens with two attached hydrogens (primary N) is 3. The zero-order valence-electron chi connectivity index (χ0n) is 57.3. The van der Waals surface area contributed by atoms with E-state index < -0.39 is 191 Å². The first-order valence-corrected chi connectivity index (χ1v) is 46.8. The van der Waals surface area contributed by atoms with Crippen molar-refractivity contribution in [2.45, 2.75) is 166 Å². The van der Waals surface area contributed by atoms with E-state index in [0.717, 1.165) is 9.13 Å². The standard InChI is InChI=1S/C54H74N17O26P5S6/c1-22(2)26-9-36(67-8-7-35(55)60-52(67)76)91-49(26)97-102(107,108)96-30-13-38(69-15-25(6)46(73)66-54(69)78)88-34(30)19-86-101(82,106)95-29-12-40(71-21-59-42-44(71)62-51(57)64-48(42)75)90-33(29)18-85-99(80,104)93-27-10-37(68-14-24(5)45(72)65-53(68)77)87-31(27)17-84-100(81,105)94-28-11-39(89-32(28)16-83-98(79,103)92-23(3)4)70-20-58-41-43(70)61-50(56)63-47(41)74/h7-8,14-15,20-23,26-34,36-40,49H,9-13,16-19H2,1-6H3,(H,79,103)(H,80,104)(H,81,105)(H,82,106)(H,107,108)(H2,55,60,76)(H,65,72,77)(H,66,73,78)(H3,56,61,63,74)(H3,57,62,64,75)/t26?,27?,28?,29?,30?,31-,32-,33-,34-,36-,37-,38-,39-,40-,49-,98?,99?,100?,101?/m1/s1. The second-order valence-electron chi connectivity index (χ2n) is 26.0. The molecule has 0 aromatic carbocycles. The Hall–Kier alpha value is -4.82. The maximum atomic E-state index is 13.4. The van der Waals surface area contributed by atoms with Crippen molar-refractivity contribution in [3.8, 4) is 0 Å². The topological polar surface area (TPSA) is 569 Å². The van der Waals surface area contributed by atoms with Crippen molar-refractivity contribution in [1.82, 2.24) is 67.7 Å². The van der Waals surface area contributed by atoms with E-state index in [4.69, 9.17) is 157 Å². The van der Waals surface area contributed by atoms with E-state index in [0.29, 0.717) is 6.42 Å². The third-order valence-electron chi connectivity index (χ3n) is 17.6. The van der Waals surface area contributed by atoms with E-state index in [9.17, 15) is 53.1 Å². The van der Waals surface area contributed by atoms with Crippen LogP contribution in [0.3, 0.4) is 0 Å². The quantitative estimate of drug-likeness (QED) is 0.0225. The summed E-state index contributed by atoms with van der Waals surface area (Å²) in [4.78, 5) is 167. The third kappa shape index (κ3) is 19.5. The number of thiol groups is 1. The van der Waals surface area contributed by atoms with Gasteiger partial charge in [-0.3, -0.25) is 66.5 Å². The molecule has 5 aliphatic rings. The van der Waals surface area contributed by atoms with Crippen molar-refractivity contribution in [2.75, 3.05) is 43.6 Å². The first kappa shape index (κ1) is 82.6. The minimum Gasteiger partial charge on any atom is -0.383 e. The van der Waals surface area contributed by atoms with Gasteiger partial charge in [0.15, 0.2) is 28.6 Å². The number of hydrogen-bond acceptors (Lipinski definition) is 35. The van der Waals surface area contributed by atoms with Gasteiger partial charge in [-0.25, -0.2) is 24.4 Å². The van der Waals surface area contributed by atoms with Crippen LogP contribution in [-0.2, 0) is 128 Å². The molecule has 0 spiro atoms. The van der Waals surface area contributed by atoms with Crippen molar-refractivity contribution >= 4 is 144 Å². The monoisotopic (exact) mass is 1720 g/mol. The smallest absolute Gasteiger partial charge is 0.351 e. The number of nitrogens with one attached hydrogen (secondary N) is 4. The number of H-pyrrole nitrogens is 4. The summed E-state index contributed by atoms with van der Waals surface area (Å²) in [6.07, 6.45) is -11.8. The number of aromatic nitrogens is 14. The minimum absolute atomic E-state index is 0.00889. The molecule has 5 fully saturated rings. The first-order chi connectivity index (χ1) is 50.7. The number of fused-ring (bicyclic) bond motifs is 2. The summed E-state index contributed by atoms with van der Waals surface area (Å²) in [5, 5.41) is 0. The maximum absolute atomic E-state index is 13.4. The molecule has 0 aliphatic carbocycles. The SMILES string of the molecule is Cc1cn([C@H]2CC(OP(O)(=S)OC[C@H]3O[C@@H](n4cnc5c(=O)[nH]c(N)nc54)CC3OP(O)(=S)OC[C@H]3O[C@@H](n4cc(C)c(=O)[nH]c4=O)CC3OP(=S)(S)O[C@H]3O[C@@H](n4ccc(N)nc4=O)CC3C(C)C)[C@@H](COP(O)(=S)OC3C[C@H](n4cnc5c(=O)[nH]c(N)nc54)O[C@@H]3COP(O)(=S)OC(C)C)O2)c(=O)[nH]c1=O. The molecule has 0 amide bonds. The Kier molecular flexibility index (Phi) is 25.2. The van der Waals surface area contributed by atoms with E-state index >= 15 is 0 Å². The molecule has 54 heteroatoms. The fourth-order valence-corrected chi connectivity index (χ4v) is 20.9. The Balaban J connectivity index is 0.765. The molecule has 108 heavy (non-hydrogen) atoms. The minimum atomic E-state index is -4.63. The van der Waals surface area contributed by atoms with Crippen molar-refractivity contribution in [3.05, 3.63) is 121 Å². The van der Waals surface area contributed by atoms with Gasteiger partial charge < -0.3 is 101 Å². The van der Waals surface area contributed by atoms with E-state index in [1.165, 1.54) is 64.9 Å². The molecular formula is C54H74N17O26P5S6. The fraction of sp³-hybridized carbons (Fsp3) is 0.593. The van der Waals surface area contributed by atoms with Gasteiger partial charge in [0.2, 0.25) is 17.6 Å². The summed E-state index contributed by atoms with van der Waals surface area (Å²) >= 11 is 32.6. The highest BCUT2D eigenvalue weighted by Gasteiger charge is 2.49. The van der Waals surface area contributed by atoms with Gasteiger partial charge in [0.05, 0.1) is 69.6 Å². The summed E-state index contributed by atoms with van der Waals surface area (Å²) in [6.45, 7) is -10.2. The summed E-state index contributed by atoms with van der Waals surface area (Å²) in [7, 11) is 0. The average molecular weight is 1720 g/mol. The lowest BCUT2D eigenvalue weighted by Gasteiger charge is -2.30. The lowest BCUT2D eigenvalue weighted by atomic mass is 9.93. The Morgan fingerprint density at radius 3 is 1.29 bits per heavy atom. The van der Waals surface area contributed by atoms with Crippen LogP contribution in [0.15, 0.2) is 70.9 Å². The molecule has 10 unspecified atom stereocenters.